The number of rotatable bonds is 1. The number of hydrogen-bond acceptors (Lipinski definition) is 2. The van der Waals surface area contributed by atoms with Crippen molar-refractivity contribution in [3.05, 3.63) is 58.1 Å². The molecule has 1 N–H and O–H groups in total. The number of nitrogens with one attached hydrogen (secondary N) is 1. The van der Waals surface area contributed by atoms with E-state index in [9.17, 15) is 18.0 Å². The largest absolute Gasteiger partial charge is 0.416 e. The summed E-state index contributed by atoms with van der Waals surface area (Å²) in [7, 11) is 0. The third-order valence-corrected chi connectivity index (χ3v) is 5.05. The van der Waals surface area contributed by atoms with Crippen molar-refractivity contribution in [3.63, 3.8) is 0 Å². The van der Waals surface area contributed by atoms with Crippen LogP contribution in [0.3, 0.4) is 0 Å². The SMILES string of the molecule is O=C1Nc2cc(Br)ccc2S[C@@H]1c1ccc(C(F)(F)F)cc1. The Balaban J connectivity index is 1.89. The summed E-state index contributed by atoms with van der Waals surface area (Å²) in [5.41, 5.74) is 0.526. The molecule has 2 aromatic rings. The summed E-state index contributed by atoms with van der Waals surface area (Å²) in [4.78, 5) is 13.1. The number of alkyl halides is 3. The van der Waals surface area contributed by atoms with E-state index in [-0.39, 0.29) is 5.91 Å². The van der Waals surface area contributed by atoms with Crippen molar-refractivity contribution in [1.82, 2.24) is 0 Å². The van der Waals surface area contributed by atoms with Crippen molar-refractivity contribution in [2.24, 2.45) is 0 Å². The molecule has 1 amide bonds. The van der Waals surface area contributed by atoms with Crippen molar-refractivity contribution < 1.29 is 18.0 Å². The molecule has 2 aromatic carbocycles. The molecule has 0 spiro atoms. The molecule has 1 aliphatic heterocycles. The molecule has 1 aliphatic rings. The summed E-state index contributed by atoms with van der Waals surface area (Å²) in [5.74, 6) is -0.240. The van der Waals surface area contributed by atoms with Crippen molar-refractivity contribution in [2.75, 3.05) is 5.32 Å². The van der Waals surface area contributed by atoms with Gasteiger partial charge in [0.15, 0.2) is 0 Å². The van der Waals surface area contributed by atoms with Crippen LogP contribution in [0.25, 0.3) is 0 Å². The van der Waals surface area contributed by atoms with E-state index in [2.05, 4.69) is 21.2 Å². The second-order valence-corrected chi connectivity index (χ2v) is 6.81. The lowest BCUT2D eigenvalue weighted by atomic mass is 10.1. The minimum atomic E-state index is -4.38. The highest BCUT2D eigenvalue weighted by Gasteiger charge is 2.32. The highest BCUT2D eigenvalue weighted by molar-refractivity contribution is 9.10. The molecule has 0 fully saturated rings. The van der Waals surface area contributed by atoms with E-state index in [1.807, 2.05) is 12.1 Å². The second kappa shape index (κ2) is 5.62. The standard InChI is InChI=1S/C15H9BrF3NOS/c16-10-5-6-12-11(7-10)20-14(21)13(22-12)8-1-3-9(4-2-8)15(17,18)19/h1-7,13H,(H,20,21)/t13-/m1/s1. The number of halogens is 4. The number of carbonyl (C=O) groups is 1. The van der Waals surface area contributed by atoms with Gasteiger partial charge in [-0.2, -0.15) is 13.2 Å². The fraction of sp³-hybridized carbons (Fsp3) is 0.133. The number of anilines is 1. The second-order valence-electron chi connectivity index (χ2n) is 4.75. The monoisotopic (exact) mass is 387 g/mol. The van der Waals surface area contributed by atoms with Gasteiger partial charge in [-0.3, -0.25) is 4.79 Å². The fourth-order valence-corrected chi connectivity index (χ4v) is 3.61. The van der Waals surface area contributed by atoms with Crippen LogP contribution in [0.1, 0.15) is 16.4 Å². The van der Waals surface area contributed by atoms with Crippen LogP contribution in [0.5, 0.6) is 0 Å². The van der Waals surface area contributed by atoms with Gasteiger partial charge in [-0.15, -0.1) is 11.8 Å². The smallest absolute Gasteiger partial charge is 0.324 e. The van der Waals surface area contributed by atoms with Crippen molar-refractivity contribution in [2.45, 2.75) is 16.3 Å². The molecule has 0 aliphatic carbocycles. The van der Waals surface area contributed by atoms with E-state index in [1.54, 1.807) is 6.07 Å². The normalized spacial score (nSPS) is 17.8. The van der Waals surface area contributed by atoms with Crippen molar-refractivity contribution >= 4 is 39.3 Å². The molecule has 2 nitrogen and oxygen atoms in total. The lowest BCUT2D eigenvalue weighted by Crippen LogP contribution is -2.23. The Morgan fingerprint density at radius 2 is 1.77 bits per heavy atom. The van der Waals surface area contributed by atoms with Crippen LogP contribution in [-0.2, 0) is 11.0 Å². The maximum Gasteiger partial charge on any atom is 0.416 e. The zero-order chi connectivity index (χ0) is 15.9. The molecule has 0 saturated carbocycles. The lowest BCUT2D eigenvalue weighted by Gasteiger charge is -2.24. The van der Waals surface area contributed by atoms with E-state index in [1.165, 1.54) is 23.9 Å². The predicted octanol–water partition coefficient (Wildman–Crippen LogP) is 5.25. The highest BCUT2D eigenvalue weighted by Crippen LogP contribution is 2.44. The summed E-state index contributed by atoms with van der Waals surface area (Å²) < 4.78 is 38.6. The Labute approximate surface area is 137 Å². The van der Waals surface area contributed by atoms with Gasteiger partial charge in [-0.1, -0.05) is 28.1 Å². The van der Waals surface area contributed by atoms with E-state index in [4.69, 9.17) is 0 Å². The highest BCUT2D eigenvalue weighted by atomic mass is 79.9. The number of thioether (sulfide) groups is 1. The molecule has 0 saturated heterocycles. The molecule has 1 atom stereocenters. The van der Waals surface area contributed by atoms with Gasteiger partial charge in [0.05, 0.1) is 11.3 Å². The minimum Gasteiger partial charge on any atom is -0.324 e. The number of fused-ring (bicyclic) bond motifs is 1. The summed E-state index contributed by atoms with van der Waals surface area (Å²) in [6, 6.07) is 10.2. The topological polar surface area (TPSA) is 29.1 Å². The molecular formula is C15H9BrF3NOS. The van der Waals surface area contributed by atoms with Crippen molar-refractivity contribution in [1.29, 1.82) is 0 Å². The Morgan fingerprint density at radius 1 is 1.09 bits per heavy atom. The molecule has 0 bridgehead atoms. The van der Waals surface area contributed by atoms with Crippen molar-refractivity contribution in [3.8, 4) is 0 Å². The predicted molar refractivity (Wildman–Crippen MR) is 82.8 cm³/mol. The Hall–Kier alpha value is -1.47. The molecule has 0 radical (unpaired) electrons. The zero-order valence-electron chi connectivity index (χ0n) is 10.9. The van der Waals surface area contributed by atoms with Gasteiger partial charge in [0.1, 0.15) is 5.25 Å². The number of carbonyl (C=O) groups excluding carboxylic acids is 1. The van der Waals surface area contributed by atoms with Gasteiger partial charge in [-0.05, 0) is 35.9 Å². The summed E-state index contributed by atoms with van der Waals surface area (Å²) >= 11 is 4.66. The Kier molecular flexibility index (Phi) is 3.94. The minimum absolute atomic E-state index is 0.240. The maximum atomic E-state index is 12.6. The van der Waals surface area contributed by atoms with Crippen LogP contribution in [0.2, 0.25) is 0 Å². The lowest BCUT2D eigenvalue weighted by molar-refractivity contribution is -0.137. The molecule has 1 heterocycles. The summed E-state index contributed by atoms with van der Waals surface area (Å²) in [5, 5.41) is 2.22. The fourth-order valence-electron chi connectivity index (χ4n) is 2.15. The molecule has 3 rings (SSSR count). The van der Waals surface area contributed by atoms with Crippen LogP contribution in [0.4, 0.5) is 18.9 Å². The van der Waals surface area contributed by atoms with E-state index >= 15 is 0 Å². The quantitative estimate of drug-likeness (QED) is 0.723. The van der Waals surface area contributed by atoms with Gasteiger partial charge >= 0.3 is 6.18 Å². The Bertz CT molecular complexity index is 731. The first kappa shape index (κ1) is 15.4. The molecule has 114 valence electrons. The average molecular weight is 388 g/mol. The summed E-state index contributed by atoms with van der Waals surface area (Å²) in [6.07, 6.45) is -4.38. The van der Waals surface area contributed by atoms with Gasteiger partial charge in [-0.25, -0.2) is 0 Å². The van der Waals surface area contributed by atoms with Crippen LogP contribution in [0.15, 0.2) is 51.8 Å². The first-order chi connectivity index (χ1) is 10.3. The number of amides is 1. The third kappa shape index (κ3) is 3.01. The van der Waals surface area contributed by atoms with E-state index in [0.717, 1.165) is 21.5 Å². The van der Waals surface area contributed by atoms with E-state index < -0.39 is 17.0 Å². The van der Waals surface area contributed by atoms with Gasteiger partial charge in [0.25, 0.3) is 0 Å². The van der Waals surface area contributed by atoms with Crippen LogP contribution in [-0.4, -0.2) is 5.91 Å². The molecule has 22 heavy (non-hydrogen) atoms. The van der Waals surface area contributed by atoms with Crippen LogP contribution >= 0.6 is 27.7 Å². The van der Waals surface area contributed by atoms with Gasteiger partial charge in [0.2, 0.25) is 5.91 Å². The molecule has 0 aromatic heterocycles. The zero-order valence-corrected chi connectivity index (χ0v) is 13.3. The molecular weight excluding hydrogens is 379 g/mol. The number of hydrogen-bond donors (Lipinski definition) is 1. The molecule has 7 heteroatoms. The first-order valence-electron chi connectivity index (χ1n) is 6.29. The first-order valence-corrected chi connectivity index (χ1v) is 7.96. The van der Waals surface area contributed by atoms with E-state index in [0.29, 0.717) is 11.3 Å². The average Bonchev–Trinajstić information content (AvgIpc) is 2.45. The summed E-state index contributed by atoms with van der Waals surface area (Å²) in [6.45, 7) is 0. The van der Waals surface area contributed by atoms with Crippen LogP contribution < -0.4 is 5.32 Å². The third-order valence-electron chi connectivity index (χ3n) is 3.22. The van der Waals surface area contributed by atoms with Crippen LogP contribution in [0, 0.1) is 0 Å². The Morgan fingerprint density at radius 3 is 2.41 bits per heavy atom. The van der Waals surface area contributed by atoms with Gasteiger partial charge in [0, 0.05) is 9.37 Å². The maximum absolute atomic E-state index is 12.6. The molecule has 0 unspecified atom stereocenters. The number of benzene rings is 2. The van der Waals surface area contributed by atoms with Gasteiger partial charge < -0.3 is 5.32 Å².